The average molecular weight is 482 g/mol. The number of nitrogens with one attached hydrogen (secondary N) is 1. The standard InChI is InChI=1S/C24H27N5O2S2/c1-3-4-5-8-13-25-23(30)18-15-32-21(26-18)16-33-24-28-27-22(20-12-9-14-31-20)29(24)19-11-7-6-10-17(19)2/h6-7,9-12,14-15H,3-5,8,13,16H2,1-2H3,(H,25,30). The number of carbonyl (C=O) groups is 1. The Balaban J connectivity index is 1.46. The Labute approximate surface area is 201 Å². The maximum absolute atomic E-state index is 12.4. The van der Waals surface area contributed by atoms with E-state index in [0.717, 1.165) is 34.3 Å². The third-order valence-electron chi connectivity index (χ3n) is 5.16. The number of thioether (sulfide) groups is 1. The van der Waals surface area contributed by atoms with E-state index < -0.39 is 0 Å². The van der Waals surface area contributed by atoms with Gasteiger partial charge in [-0.1, -0.05) is 56.1 Å². The molecule has 0 radical (unpaired) electrons. The van der Waals surface area contributed by atoms with Gasteiger partial charge in [0.25, 0.3) is 5.91 Å². The van der Waals surface area contributed by atoms with Gasteiger partial charge in [0.15, 0.2) is 10.9 Å². The second-order valence-corrected chi connectivity index (χ2v) is 9.52. The van der Waals surface area contributed by atoms with Gasteiger partial charge in [-0.2, -0.15) is 0 Å². The molecular formula is C24H27N5O2S2. The van der Waals surface area contributed by atoms with Gasteiger partial charge in [-0.25, -0.2) is 4.98 Å². The lowest BCUT2D eigenvalue weighted by molar-refractivity contribution is 0.0948. The summed E-state index contributed by atoms with van der Waals surface area (Å²) in [7, 11) is 0. The monoisotopic (exact) mass is 481 g/mol. The van der Waals surface area contributed by atoms with Gasteiger partial charge in [-0.05, 0) is 37.1 Å². The molecule has 0 saturated heterocycles. The average Bonchev–Trinajstić information content (AvgIpc) is 3.58. The SMILES string of the molecule is CCCCCCNC(=O)c1csc(CSc2nnc(-c3ccco3)n2-c2ccccc2C)n1. The molecule has 4 rings (SSSR count). The van der Waals surface area contributed by atoms with Gasteiger partial charge in [-0.15, -0.1) is 21.5 Å². The predicted octanol–water partition coefficient (Wildman–Crippen LogP) is 5.89. The highest BCUT2D eigenvalue weighted by Crippen LogP contribution is 2.31. The molecule has 33 heavy (non-hydrogen) atoms. The van der Waals surface area contributed by atoms with Crippen molar-refractivity contribution in [3.05, 3.63) is 64.3 Å². The normalized spacial score (nSPS) is 11.1. The number of furan rings is 1. The number of hydrogen-bond acceptors (Lipinski definition) is 7. The van der Waals surface area contributed by atoms with Gasteiger partial charge in [0.2, 0.25) is 5.82 Å². The molecule has 172 valence electrons. The van der Waals surface area contributed by atoms with Crippen molar-refractivity contribution in [2.45, 2.75) is 50.4 Å². The maximum Gasteiger partial charge on any atom is 0.270 e. The third kappa shape index (κ3) is 5.72. The number of para-hydroxylation sites is 1. The molecule has 1 aromatic carbocycles. The Hall–Kier alpha value is -2.91. The molecule has 0 unspecified atom stereocenters. The molecule has 3 heterocycles. The lowest BCUT2D eigenvalue weighted by Gasteiger charge is -2.11. The molecule has 4 aromatic rings. The lowest BCUT2D eigenvalue weighted by Crippen LogP contribution is -2.24. The van der Waals surface area contributed by atoms with Crippen LogP contribution in [0.5, 0.6) is 0 Å². The predicted molar refractivity (Wildman–Crippen MR) is 132 cm³/mol. The van der Waals surface area contributed by atoms with E-state index >= 15 is 0 Å². The first kappa shape index (κ1) is 23.3. The van der Waals surface area contributed by atoms with E-state index in [0.29, 0.717) is 29.6 Å². The Bertz CT molecular complexity index is 1180. The van der Waals surface area contributed by atoms with Crippen molar-refractivity contribution in [1.29, 1.82) is 0 Å². The van der Waals surface area contributed by atoms with E-state index in [1.54, 1.807) is 6.26 Å². The largest absolute Gasteiger partial charge is 0.461 e. The number of benzene rings is 1. The minimum Gasteiger partial charge on any atom is -0.461 e. The quantitative estimate of drug-likeness (QED) is 0.212. The molecule has 0 bridgehead atoms. The van der Waals surface area contributed by atoms with Gasteiger partial charge in [-0.3, -0.25) is 9.36 Å². The molecule has 0 fully saturated rings. The van der Waals surface area contributed by atoms with E-state index in [-0.39, 0.29) is 5.91 Å². The smallest absolute Gasteiger partial charge is 0.270 e. The molecule has 0 atom stereocenters. The van der Waals surface area contributed by atoms with Crippen LogP contribution in [0.25, 0.3) is 17.3 Å². The number of amides is 1. The molecule has 0 aliphatic rings. The van der Waals surface area contributed by atoms with Crippen LogP contribution in [0.3, 0.4) is 0 Å². The Morgan fingerprint density at radius 1 is 1.15 bits per heavy atom. The fraction of sp³-hybridized carbons (Fsp3) is 0.333. The summed E-state index contributed by atoms with van der Waals surface area (Å²) in [4.78, 5) is 16.9. The molecule has 0 saturated carbocycles. The summed E-state index contributed by atoms with van der Waals surface area (Å²) in [6, 6.07) is 11.8. The van der Waals surface area contributed by atoms with E-state index in [4.69, 9.17) is 4.42 Å². The summed E-state index contributed by atoms with van der Waals surface area (Å²) < 4.78 is 7.60. The van der Waals surface area contributed by atoms with E-state index in [1.807, 2.05) is 40.3 Å². The van der Waals surface area contributed by atoms with Gasteiger partial charge >= 0.3 is 0 Å². The Morgan fingerprint density at radius 3 is 2.82 bits per heavy atom. The molecular weight excluding hydrogens is 454 g/mol. The van der Waals surface area contributed by atoms with E-state index in [2.05, 4.69) is 40.4 Å². The fourth-order valence-corrected chi connectivity index (χ4v) is 5.15. The summed E-state index contributed by atoms with van der Waals surface area (Å²) in [6.07, 6.45) is 6.14. The molecule has 1 amide bonds. The summed E-state index contributed by atoms with van der Waals surface area (Å²) >= 11 is 3.02. The zero-order valence-electron chi connectivity index (χ0n) is 18.8. The van der Waals surface area contributed by atoms with Crippen LogP contribution in [0.4, 0.5) is 0 Å². The van der Waals surface area contributed by atoms with Gasteiger partial charge < -0.3 is 9.73 Å². The van der Waals surface area contributed by atoms with Crippen molar-refractivity contribution < 1.29 is 9.21 Å². The van der Waals surface area contributed by atoms with Crippen molar-refractivity contribution in [3.63, 3.8) is 0 Å². The fourth-order valence-electron chi connectivity index (χ4n) is 3.41. The van der Waals surface area contributed by atoms with Crippen LogP contribution in [-0.4, -0.2) is 32.2 Å². The third-order valence-corrected chi connectivity index (χ3v) is 7.13. The second kappa shape index (κ2) is 11.3. The highest BCUT2D eigenvalue weighted by Gasteiger charge is 2.20. The summed E-state index contributed by atoms with van der Waals surface area (Å²) in [5.74, 6) is 1.79. The number of thiazole rings is 1. The summed E-state index contributed by atoms with van der Waals surface area (Å²) in [5, 5.41) is 15.2. The number of aromatic nitrogens is 4. The van der Waals surface area contributed by atoms with Crippen molar-refractivity contribution >= 4 is 29.0 Å². The Kier molecular flexibility index (Phi) is 7.96. The molecule has 7 nitrogen and oxygen atoms in total. The highest BCUT2D eigenvalue weighted by atomic mass is 32.2. The number of unbranched alkanes of at least 4 members (excludes halogenated alkanes) is 3. The highest BCUT2D eigenvalue weighted by molar-refractivity contribution is 7.98. The first-order chi connectivity index (χ1) is 16.2. The van der Waals surface area contributed by atoms with E-state index in [1.165, 1.54) is 35.9 Å². The molecule has 0 aliphatic heterocycles. The van der Waals surface area contributed by atoms with Gasteiger partial charge in [0, 0.05) is 11.9 Å². The maximum atomic E-state index is 12.4. The molecule has 0 aliphatic carbocycles. The number of nitrogens with zero attached hydrogens (tertiary/aromatic N) is 4. The van der Waals surface area contributed by atoms with Crippen LogP contribution in [0, 0.1) is 6.92 Å². The van der Waals surface area contributed by atoms with E-state index in [9.17, 15) is 4.79 Å². The zero-order chi connectivity index (χ0) is 23.0. The van der Waals surface area contributed by atoms with Gasteiger partial charge in [0.05, 0.1) is 17.7 Å². The molecule has 3 aromatic heterocycles. The van der Waals surface area contributed by atoms with Crippen molar-refractivity contribution in [2.75, 3.05) is 6.54 Å². The molecule has 1 N–H and O–H groups in total. The summed E-state index contributed by atoms with van der Waals surface area (Å²) in [6.45, 7) is 4.92. The zero-order valence-corrected chi connectivity index (χ0v) is 20.4. The Morgan fingerprint density at radius 2 is 2.03 bits per heavy atom. The number of aryl methyl sites for hydroxylation is 1. The van der Waals surface area contributed by atoms with Gasteiger partial charge in [0.1, 0.15) is 10.7 Å². The molecule has 0 spiro atoms. The van der Waals surface area contributed by atoms with Crippen molar-refractivity contribution in [1.82, 2.24) is 25.1 Å². The minimum absolute atomic E-state index is 0.109. The number of rotatable bonds is 11. The van der Waals surface area contributed by atoms with Crippen molar-refractivity contribution in [3.8, 4) is 17.3 Å². The summed E-state index contributed by atoms with van der Waals surface area (Å²) in [5.41, 5.74) is 2.58. The first-order valence-electron chi connectivity index (χ1n) is 11.1. The van der Waals surface area contributed by atoms with Crippen LogP contribution >= 0.6 is 23.1 Å². The topological polar surface area (TPSA) is 85.8 Å². The first-order valence-corrected chi connectivity index (χ1v) is 12.9. The van der Waals surface area contributed by atoms with Crippen molar-refractivity contribution in [2.24, 2.45) is 0 Å². The second-order valence-electron chi connectivity index (χ2n) is 7.64. The minimum atomic E-state index is -0.109. The molecule has 9 heteroatoms. The van der Waals surface area contributed by atoms with Crippen LogP contribution in [0.2, 0.25) is 0 Å². The van der Waals surface area contributed by atoms with Crippen LogP contribution in [0.15, 0.2) is 57.6 Å². The van der Waals surface area contributed by atoms with Crippen LogP contribution in [-0.2, 0) is 5.75 Å². The number of carbonyl (C=O) groups excluding carboxylic acids is 1. The number of hydrogen-bond donors (Lipinski definition) is 1. The van der Waals surface area contributed by atoms with Crippen LogP contribution in [0.1, 0.15) is 53.7 Å². The van der Waals surface area contributed by atoms with Crippen LogP contribution < -0.4 is 5.32 Å². The lowest BCUT2D eigenvalue weighted by atomic mass is 10.2.